The number of hydrogen-bond donors (Lipinski definition) is 2. The number of allylic oxidation sites excluding steroid dienone is 2. The van der Waals surface area contributed by atoms with E-state index < -0.39 is 0 Å². The summed E-state index contributed by atoms with van der Waals surface area (Å²) in [6.07, 6.45) is 5.94. The second-order valence-corrected chi connectivity index (χ2v) is 8.08. The summed E-state index contributed by atoms with van der Waals surface area (Å²) in [7, 11) is 1.72. The van der Waals surface area contributed by atoms with Crippen molar-refractivity contribution < 1.29 is 14.3 Å². The van der Waals surface area contributed by atoms with Crippen LogP contribution >= 0.6 is 0 Å². The number of carbonyl (C=O) groups is 2. The highest BCUT2D eigenvalue weighted by Gasteiger charge is 2.58. The van der Waals surface area contributed by atoms with Crippen molar-refractivity contribution in [2.75, 3.05) is 39.9 Å². The third kappa shape index (κ3) is 4.34. The van der Waals surface area contributed by atoms with Crippen LogP contribution in [0.5, 0.6) is 0 Å². The largest absolute Gasteiger partial charge is 0.379 e. The molecule has 1 heterocycles. The van der Waals surface area contributed by atoms with Gasteiger partial charge in [0.15, 0.2) is 5.96 Å². The van der Waals surface area contributed by atoms with Crippen LogP contribution in [-0.2, 0) is 14.3 Å². The molecular weight excluding hydrogens is 344 g/mol. The summed E-state index contributed by atoms with van der Waals surface area (Å²) in [5.74, 6) is 1.67. The van der Waals surface area contributed by atoms with Crippen LogP contribution in [0.15, 0.2) is 17.1 Å². The number of fused-ring (bicyclic) bond motifs is 5. The molecule has 2 bridgehead atoms. The third-order valence-corrected chi connectivity index (χ3v) is 5.63. The molecule has 1 saturated carbocycles. The lowest BCUT2D eigenvalue weighted by Crippen LogP contribution is -2.41. The van der Waals surface area contributed by atoms with Crippen molar-refractivity contribution in [3.05, 3.63) is 12.2 Å². The number of rotatable bonds is 9. The maximum absolute atomic E-state index is 12.6. The lowest BCUT2D eigenvalue weighted by Gasteiger charge is -2.18. The van der Waals surface area contributed by atoms with Crippen LogP contribution in [0.1, 0.15) is 26.7 Å². The second-order valence-electron chi connectivity index (χ2n) is 8.08. The molecule has 1 saturated heterocycles. The van der Waals surface area contributed by atoms with Gasteiger partial charge in [0.05, 0.1) is 18.4 Å². The van der Waals surface area contributed by atoms with Crippen LogP contribution < -0.4 is 10.6 Å². The SMILES string of the molecule is CN=C(NCCCN1C(=O)C2C3C=CC(C3)C2C1=O)NCCOCC(C)C. The molecular formula is C20H32N4O3. The van der Waals surface area contributed by atoms with Crippen molar-refractivity contribution in [3.63, 3.8) is 0 Å². The Hall–Kier alpha value is -1.89. The summed E-state index contributed by atoms with van der Waals surface area (Å²) < 4.78 is 5.53. The summed E-state index contributed by atoms with van der Waals surface area (Å²) in [6, 6.07) is 0. The van der Waals surface area contributed by atoms with Gasteiger partial charge < -0.3 is 15.4 Å². The minimum atomic E-state index is -0.0965. The quantitative estimate of drug-likeness (QED) is 0.206. The van der Waals surface area contributed by atoms with Gasteiger partial charge in [0.2, 0.25) is 11.8 Å². The zero-order valence-electron chi connectivity index (χ0n) is 16.6. The first-order chi connectivity index (χ1) is 13.0. The number of guanidine groups is 1. The minimum absolute atomic E-state index is 0.0339. The predicted octanol–water partition coefficient (Wildman–Crippen LogP) is 1.02. The van der Waals surface area contributed by atoms with E-state index in [0.29, 0.717) is 44.5 Å². The number of aliphatic imine (C=N–C) groups is 1. The molecule has 3 rings (SSSR count). The Morgan fingerprint density at radius 3 is 2.41 bits per heavy atom. The number of carbonyl (C=O) groups excluding carboxylic acids is 2. The monoisotopic (exact) mass is 376 g/mol. The molecule has 1 aliphatic heterocycles. The topological polar surface area (TPSA) is 83.0 Å². The number of nitrogens with zero attached hydrogens (tertiary/aromatic N) is 2. The molecule has 0 aromatic heterocycles. The molecule has 2 amide bonds. The van der Waals surface area contributed by atoms with E-state index in [1.54, 1.807) is 7.05 Å². The van der Waals surface area contributed by atoms with Gasteiger partial charge in [0, 0.05) is 33.3 Å². The molecule has 150 valence electrons. The maximum Gasteiger partial charge on any atom is 0.233 e. The van der Waals surface area contributed by atoms with Crippen LogP contribution in [-0.4, -0.2) is 62.6 Å². The minimum Gasteiger partial charge on any atom is -0.379 e. The number of amides is 2. The zero-order chi connectivity index (χ0) is 19.4. The molecule has 4 unspecified atom stereocenters. The standard InChI is InChI=1S/C20H32N4O3/c1-13(2)12-27-10-8-23-20(21-3)22-7-4-9-24-18(25)16-14-5-6-15(11-14)17(16)19(24)26/h5-6,13-17H,4,7-12H2,1-3H3,(H2,21,22,23). The van der Waals surface area contributed by atoms with Crippen LogP contribution in [0.4, 0.5) is 0 Å². The van der Waals surface area contributed by atoms with E-state index in [1.807, 2.05) is 0 Å². The average molecular weight is 377 g/mol. The molecule has 2 N–H and O–H groups in total. The molecule has 2 aliphatic carbocycles. The normalized spacial score (nSPS) is 29.2. The van der Waals surface area contributed by atoms with Gasteiger partial charge in [0.1, 0.15) is 0 Å². The van der Waals surface area contributed by atoms with Gasteiger partial charge in [-0.1, -0.05) is 26.0 Å². The van der Waals surface area contributed by atoms with Crippen LogP contribution in [0.3, 0.4) is 0 Å². The van der Waals surface area contributed by atoms with Crippen molar-refractivity contribution in [2.24, 2.45) is 34.6 Å². The van der Waals surface area contributed by atoms with E-state index in [-0.39, 0.29) is 35.5 Å². The molecule has 7 heteroatoms. The van der Waals surface area contributed by atoms with E-state index in [9.17, 15) is 9.59 Å². The fourth-order valence-corrected chi connectivity index (χ4v) is 4.41. The molecule has 0 spiro atoms. The van der Waals surface area contributed by atoms with Gasteiger partial charge in [-0.05, 0) is 30.6 Å². The summed E-state index contributed by atoms with van der Waals surface area (Å²) in [4.78, 5) is 30.9. The Morgan fingerprint density at radius 1 is 1.19 bits per heavy atom. The lowest BCUT2D eigenvalue weighted by atomic mass is 9.85. The van der Waals surface area contributed by atoms with Gasteiger partial charge in [0.25, 0.3) is 0 Å². The highest BCUT2D eigenvalue weighted by Crippen LogP contribution is 2.52. The summed E-state index contributed by atoms with van der Waals surface area (Å²) >= 11 is 0. The maximum atomic E-state index is 12.6. The van der Waals surface area contributed by atoms with Gasteiger partial charge in [-0.15, -0.1) is 0 Å². The van der Waals surface area contributed by atoms with Crippen molar-refractivity contribution in [1.82, 2.24) is 15.5 Å². The Morgan fingerprint density at radius 2 is 1.81 bits per heavy atom. The van der Waals surface area contributed by atoms with Crippen molar-refractivity contribution in [3.8, 4) is 0 Å². The molecule has 0 radical (unpaired) electrons. The van der Waals surface area contributed by atoms with E-state index in [0.717, 1.165) is 13.0 Å². The van der Waals surface area contributed by atoms with Crippen LogP contribution in [0, 0.1) is 29.6 Å². The van der Waals surface area contributed by atoms with Gasteiger partial charge in [-0.2, -0.15) is 0 Å². The van der Waals surface area contributed by atoms with Crippen molar-refractivity contribution in [2.45, 2.75) is 26.7 Å². The molecule has 0 aromatic rings. The van der Waals surface area contributed by atoms with Crippen LogP contribution in [0.2, 0.25) is 0 Å². The van der Waals surface area contributed by atoms with Gasteiger partial charge >= 0.3 is 0 Å². The summed E-state index contributed by atoms with van der Waals surface area (Å²) in [5.41, 5.74) is 0. The van der Waals surface area contributed by atoms with Crippen LogP contribution in [0.25, 0.3) is 0 Å². The van der Waals surface area contributed by atoms with E-state index in [1.165, 1.54) is 4.90 Å². The number of nitrogens with one attached hydrogen (secondary N) is 2. The first-order valence-electron chi connectivity index (χ1n) is 10.1. The smallest absolute Gasteiger partial charge is 0.233 e. The molecule has 0 aromatic carbocycles. The zero-order valence-corrected chi connectivity index (χ0v) is 16.6. The van der Waals surface area contributed by atoms with Gasteiger partial charge in [-0.3, -0.25) is 19.5 Å². The summed E-state index contributed by atoms with van der Waals surface area (Å²) in [5, 5.41) is 6.42. The molecule has 3 aliphatic rings. The number of hydrogen-bond acceptors (Lipinski definition) is 4. The Kier molecular flexibility index (Phi) is 6.52. The Labute approximate surface area is 161 Å². The first-order valence-corrected chi connectivity index (χ1v) is 10.1. The van der Waals surface area contributed by atoms with E-state index >= 15 is 0 Å². The summed E-state index contributed by atoms with van der Waals surface area (Å²) in [6.45, 7) is 7.46. The Balaban J connectivity index is 1.34. The van der Waals surface area contributed by atoms with E-state index in [2.05, 4.69) is 41.6 Å². The van der Waals surface area contributed by atoms with Gasteiger partial charge in [-0.25, -0.2) is 0 Å². The van der Waals surface area contributed by atoms with Crippen molar-refractivity contribution >= 4 is 17.8 Å². The fraction of sp³-hybridized carbons (Fsp3) is 0.750. The number of ether oxygens (including phenoxy) is 1. The van der Waals surface area contributed by atoms with Crippen molar-refractivity contribution in [1.29, 1.82) is 0 Å². The Bertz CT molecular complexity index is 586. The number of imide groups is 1. The fourth-order valence-electron chi connectivity index (χ4n) is 4.41. The molecule has 27 heavy (non-hydrogen) atoms. The average Bonchev–Trinajstić information content (AvgIpc) is 3.31. The number of likely N-dealkylation sites (tertiary alicyclic amines) is 1. The molecule has 7 nitrogen and oxygen atoms in total. The molecule has 4 atom stereocenters. The highest BCUT2D eigenvalue weighted by molar-refractivity contribution is 6.06. The second kappa shape index (κ2) is 8.87. The highest BCUT2D eigenvalue weighted by atomic mass is 16.5. The van der Waals surface area contributed by atoms with E-state index in [4.69, 9.17) is 4.74 Å². The first kappa shape index (κ1) is 19.9. The third-order valence-electron chi connectivity index (χ3n) is 5.63. The molecule has 2 fully saturated rings. The lowest BCUT2D eigenvalue weighted by molar-refractivity contribution is -0.140. The predicted molar refractivity (Wildman–Crippen MR) is 104 cm³/mol.